The van der Waals surface area contributed by atoms with Gasteiger partial charge < -0.3 is 10.2 Å². The number of alkyl halides is 3. The first-order chi connectivity index (χ1) is 7.48. The van der Waals surface area contributed by atoms with Crippen LogP contribution >= 0.6 is 0 Å². The van der Waals surface area contributed by atoms with Crippen LogP contribution in [-0.2, 0) is 11.6 Å². The quantitative estimate of drug-likeness (QED) is 0.855. The van der Waals surface area contributed by atoms with Crippen molar-refractivity contribution in [1.29, 1.82) is 0 Å². The van der Waals surface area contributed by atoms with Gasteiger partial charge >= 0.3 is 6.18 Å². The molecule has 0 unspecified atom stereocenters. The Labute approximate surface area is 90.8 Å². The van der Waals surface area contributed by atoms with Gasteiger partial charge in [0.15, 0.2) is 5.69 Å². The molecule has 1 aliphatic rings. The molecule has 2 rings (SSSR count). The average molecular weight is 234 g/mol. The van der Waals surface area contributed by atoms with Crippen molar-refractivity contribution in [2.75, 3.05) is 6.54 Å². The van der Waals surface area contributed by atoms with Gasteiger partial charge in [-0.15, -0.1) is 0 Å². The molecule has 0 saturated heterocycles. The Bertz CT molecular complexity index is 366. The molecule has 90 valence electrons. The van der Waals surface area contributed by atoms with Crippen molar-refractivity contribution in [2.24, 2.45) is 5.73 Å². The minimum atomic E-state index is -4.45. The third-order valence-corrected chi connectivity index (χ3v) is 3.20. The van der Waals surface area contributed by atoms with E-state index in [4.69, 9.17) is 10.2 Å². The minimum Gasteiger partial charge on any atom is -0.448 e. The number of nitrogens with two attached hydrogens (primary N) is 1. The van der Waals surface area contributed by atoms with Crippen molar-refractivity contribution in [1.82, 2.24) is 4.98 Å². The summed E-state index contributed by atoms with van der Waals surface area (Å²) in [6, 6.07) is 0. The van der Waals surface area contributed by atoms with Crippen molar-refractivity contribution in [2.45, 2.75) is 37.3 Å². The summed E-state index contributed by atoms with van der Waals surface area (Å²) in [6.45, 7) is 0.283. The summed E-state index contributed by atoms with van der Waals surface area (Å²) in [5.41, 5.74) is 4.19. The van der Waals surface area contributed by atoms with Crippen molar-refractivity contribution in [3.8, 4) is 0 Å². The Balaban J connectivity index is 2.30. The SMILES string of the molecule is NCC1(c2nc(C(F)(F)F)co2)CCCC1. The normalized spacial score (nSPS) is 20.2. The summed E-state index contributed by atoms with van der Waals surface area (Å²) in [7, 11) is 0. The summed E-state index contributed by atoms with van der Waals surface area (Å²) in [5.74, 6) is 0.139. The molecule has 0 amide bonds. The second-order valence-electron chi connectivity index (χ2n) is 4.23. The topological polar surface area (TPSA) is 52.0 Å². The van der Waals surface area contributed by atoms with E-state index < -0.39 is 17.3 Å². The van der Waals surface area contributed by atoms with Gasteiger partial charge in [0, 0.05) is 6.54 Å². The summed E-state index contributed by atoms with van der Waals surface area (Å²) < 4.78 is 42.0. The molecule has 1 aromatic heterocycles. The van der Waals surface area contributed by atoms with Crippen molar-refractivity contribution in [3.63, 3.8) is 0 Å². The lowest BCUT2D eigenvalue weighted by Gasteiger charge is -2.22. The van der Waals surface area contributed by atoms with Crippen LogP contribution in [0.1, 0.15) is 37.3 Å². The van der Waals surface area contributed by atoms with Crippen molar-refractivity contribution >= 4 is 0 Å². The number of hydrogen-bond donors (Lipinski definition) is 1. The van der Waals surface area contributed by atoms with Gasteiger partial charge in [-0.1, -0.05) is 12.8 Å². The Hall–Kier alpha value is -1.04. The fraction of sp³-hybridized carbons (Fsp3) is 0.700. The van der Waals surface area contributed by atoms with Gasteiger partial charge in [0.1, 0.15) is 6.26 Å². The van der Waals surface area contributed by atoms with Crippen LogP contribution in [0.3, 0.4) is 0 Å². The predicted molar refractivity (Wildman–Crippen MR) is 50.7 cm³/mol. The summed E-state index contributed by atoms with van der Waals surface area (Å²) in [4.78, 5) is 3.53. The van der Waals surface area contributed by atoms with E-state index in [1.165, 1.54) is 0 Å². The van der Waals surface area contributed by atoms with E-state index in [9.17, 15) is 13.2 Å². The molecule has 1 aliphatic carbocycles. The molecule has 1 fully saturated rings. The number of rotatable bonds is 2. The van der Waals surface area contributed by atoms with Crippen LogP contribution in [-0.4, -0.2) is 11.5 Å². The van der Waals surface area contributed by atoms with Crippen molar-refractivity contribution in [3.05, 3.63) is 17.8 Å². The van der Waals surface area contributed by atoms with Crippen LogP contribution in [0.15, 0.2) is 10.7 Å². The maximum atomic E-state index is 12.4. The fourth-order valence-corrected chi connectivity index (χ4v) is 2.20. The molecule has 2 N–H and O–H groups in total. The molecule has 0 radical (unpaired) electrons. The second-order valence-corrected chi connectivity index (χ2v) is 4.23. The largest absolute Gasteiger partial charge is 0.448 e. The minimum absolute atomic E-state index is 0.139. The zero-order valence-corrected chi connectivity index (χ0v) is 8.68. The Kier molecular flexibility index (Phi) is 2.69. The lowest BCUT2D eigenvalue weighted by Crippen LogP contribution is -2.32. The average Bonchev–Trinajstić information content (AvgIpc) is 2.86. The summed E-state index contributed by atoms with van der Waals surface area (Å²) in [5, 5.41) is 0. The third-order valence-electron chi connectivity index (χ3n) is 3.20. The maximum Gasteiger partial charge on any atom is 0.436 e. The van der Waals surface area contributed by atoms with Gasteiger partial charge in [-0.3, -0.25) is 0 Å². The molecule has 0 atom stereocenters. The van der Waals surface area contributed by atoms with Gasteiger partial charge in [-0.05, 0) is 12.8 Å². The Morgan fingerprint density at radius 3 is 2.44 bits per heavy atom. The third kappa shape index (κ3) is 1.81. The van der Waals surface area contributed by atoms with Gasteiger partial charge in [0.05, 0.1) is 5.41 Å². The van der Waals surface area contributed by atoms with E-state index in [0.717, 1.165) is 25.7 Å². The molecule has 0 aromatic carbocycles. The highest BCUT2D eigenvalue weighted by Gasteiger charge is 2.42. The maximum absolute atomic E-state index is 12.4. The molecular formula is C10H13F3N2O. The van der Waals surface area contributed by atoms with Gasteiger partial charge in [-0.25, -0.2) is 4.98 Å². The van der Waals surface area contributed by atoms with Crippen LogP contribution in [0, 0.1) is 0 Å². The van der Waals surface area contributed by atoms with E-state index in [1.807, 2.05) is 0 Å². The van der Waals surface area contributed by atoms with E-state index >= 15 is 0 Å². The van der Waals surface area contributed by atoms with E-state index in [2.05, 4.69) is 4.98 Å². The van der Waals surface area contributed by atoms with Crippen LogP contribution in [0.2, 0.25) is 0 Å². The number of halogens is 3. The van der Waals surface area contributed by atoms with Gasteiger partial charge in [-0.2, -0.15) is 13.2 Å². The first-order valence-electron chi connectivity index (χ1n) is 5.21. The number of aromatic nitrogens is 1. The fourth-order valence-electron chi connectivity index (χ4n) is 2.20. The van der Waals surface area contributed by atoms with Crippen molar-refractivity contribution < 1.29 is 17.6 Å². The molecule has 0 bridgehead atoms. The highest BCUT2D eigenvalue weighted by molar-refractivity contribution is 5.13. The molecule has 1 aromatic rings. The zero-order chi connectivity index (χ0) is 11.8. The molecule has 3 nitrogen and oxygen atoms in total. The van der Waals surface area contributed by atoms with Crippen LogP contribution in [0.4, 0.5) is 13.2 Å². The highest BCUT2D eigenvalue weighted by Crippen LogP contribution is 2.41. The monoisotopic (exact) mass is 234 g/mol. The molecule has 0 aliphatic heterocycles. The standard InChI is InChI=1S/C10H13F3N2O/c11-10(12,13)7-5-16-8(15-7)9(6-14)3-1-2-4-9/h5H,1-4,6,14H2. The molecule has 6 heteroatoms. The zero-order valence-electron chi connectivity index (χ0n) is 8.68. The smallest absolute Gasteiger partial charge is 0.436 e. The lowest BCUT2D eigenvalue weighted by atomic mass is 9.86. The Morgan fingerprint density at radius 1 is 1.38 bits per heavy atom. The molecule has 0 spiro atoms. The van der Waals surface area contributed by atoms with Crippen LogP contribution in [0.25, 0.3) is 0 Å². The first-order valence-corrected chi connectivity index (χ1v) is 5.21. The van der Waals surface area contributed by atoms with E-state index in [0.29, 0.717) is 6.26 Å². The van der Waals surface area contributed by atoms with Crippen LogP contribution in [0.5, 0.6) is 0 Å². The lowest BCUT2D eigenvalue weighted by molar-refractivity contribution is -0.141. The highest BCUT2D eigenvalue weighted by atomic mass is 19.4. The number of hydrogen-bond acceptors (Lipinski definition) is 3. The van der Waals surface area contributed by atoms with Gasteiger partial charge in [0.2, 0.25) is 5.89 Å². The number of oxazole rings is 1. The number of nitrogens with zero attached hydrogens (tertiary/aromatic N) is 1. The summed E-state index contributed by atoms with van der Waals surface area (Å²) >= 11 is 0. The van der Waals surface area contributed by atoms with E-state index in [1.54, 1.807) is 0 Å². The molecule has 16 heavy (non-hydrogen) atoms. The molecular weight excluding hydrogens is 221 g/mol. The van der Waals surface area contributed by atoms with E-state index in [-0.39, 0.29) is 12.4 Å². The first kappa shape index (κ1) is 11.4. The second kappa shape index (κ2) is 3.76. The molecule has 1 heterocycles. The Morgan fingerprint density at radius 2 is 2.00 bits per heavy atom. The van der Waals surface area contributed by atoms with Crippen LogP contribution < -0.4 is 5.73 Å². The molecule has 1 saturated carbocycles. The predicted octanol–water partition coefficient (Wildman–Crippen LogP) is 2.46. The summed E-state index contributed by atoms with van der Waals surface area (Å²) in [6.07, 6.45) is -0.355. The van der Waals surface area contributed by atoms with Gasteiger partial charge in [0.25, 0.3) is 0 Å².